The van der Waals surface area contributed by atoms with E-state index >= 15 is 0 Å². The molecule has 8 heteroatoms. The quantitative estimate of drug-likeness (QED) is 0.607. The smallest absolute Gasteiger partial charge is 0.251 e. The zero-order valence-electron chi connectivity index (χ0n) is 16.7. The average molecular weight is 450 g/mol. The molecule has 3 aromatic rings. The molecule has 0 spiro atoms. The Bertz CT molecular complexity index is 1270. The number of anilines is 1. The van der Waals surface area contributed by atoms with Crippen molar-refractivity contribution in [3.05, 3.63) is 88.2 Å². The van der Waals surface area contributed by atoms with Crippen molar-refractivity contribution in [2.24, 2.45) is 5.73 Å². The Kier molecular flexibility index (Phi) is 5.80. The van der Waals surface area contributed by atoms with Crippen molar-refractivity contribution >= 4 is 29.1 Å². The number of para-hydroxylation sites is 1. The van der Waals surface area contributed by atoms with Crippen LogP contribution in [-0.4, -0.2) is 18.4 Å². The van der Waals surface area contributed by atoms with Gasteiger partial charge in [-0.2, -0.15) is 5.26 Å². The van der Waals surface area contributed by atoms with Gasteiger partial charge < -0.3 is 15.4 Å². The number of hydrogen-bond donors (Lipinski definition) is 1. The normalized spacial score (nSPS) is 15.5. The molecule has 0 unspecified atom stereocenters. The number of halogens is 2. The van der Waals surface area contributed by atoms with Crippen molar-refractivity contribution in [2.45, 2.75) is 12.3 Å². The number of hydrogen-bond acceptors (Lipinski definition) is 4. The molecule has 2 amide bonds. The van der Waals surface area contributed by atoms with E-state index in [2.05, 4.69) is 6.07 Å². The predicted octanol–water partition coefficient (Wildman–Crippen LogP) is 4.76. The third kappa shape index (κ3) is 4.13. The van der Waals surface area contributed by atoms with E-state index < -0.39 is 11.7 Å². The molecule has 1 aliphatic rings. The SMILES string of the molecule is N#Cc1ccccc1Oc1cc([C@H]2CC(=O)N(c3ccc(F)c(C(N)=O)c3)C2)ccc1Cl. The maximum Gasteiger partial charge on any atom is 0.251 e. The molecule has 3 aromatic carbocycles. The summed E-state index contributed by atoms with van der Waals surface area (Å²) in [5.74, 6) is -1.22. The molecule has 6 nitrogen and oxygen atoms in total. The Morgan fingerprint density at radius 2 is 1.94 bits per heavy atom. The highest BCUT2D eigenvalue weighted by molar-refractivity contribution is 6.32. The first-order valence-electron chi connectivity index (χ1n) is 9.73. The molecule has 1 fully saturated rings. The van der Waals surface area contributed by atoms with Gasteiger partial charge in [0.15, 0.2) is 0 Å². The van der Waals surface area contributed by atoms with Crippen LogP contribution in [0.15, 0.2) is 60.7 Å². The molecule has 160 valence electrons. The molecule has 4 rings (SSSR count). The van der Waals surface area contributed by atoms with Gasteiger partial charge in [0.2, 0.25) is 5.91 Å². The molecule has 0 aromatic heterocycles. The van der Waals surface area contributed by atoms with Crippen LogP contribution in [-0.2, 0) is 4.79 Å². The number of ether oxygens (including phenoxy) is 1. The first kappa shape index (κ1) is 21.3. The molecule has 1 saturated heterocycles. The van der Waals surface area contributed by atoms with Crippen molar-refractivity contribution in [3.63, 3.8) is 0 Å². The summed E-state index contributed by atoms with van der Waals surface area (Å²) in [5.41, 5.74) is 6.56. The van der Waals surface area contributed by atoms with Gasteiger partial charge in [-0.3, -0.25) is 9.59 Å². The van der Waals surface area contributed by atoms with Gasteiger partial charge in [0.25, 0.3) is 5.91 Å². The van der Waals surface area contributed by atoms with Gasteiger partial charge in [-0.05, 0) is 48.0 Å². The Morgan fingerprint density at radius 3 is 2.69 bits per heavy atom. The Hall–Kier alpha value is -3.89. The number of amides is 2. The lowest BCUT2D eigenvalue weighted by Crippen LogP contribution is -2.25. The summed E-state index contributed by atoms with van der Waals surface area (Å²) in [5, 5.41) is 9.64. The van der Waals surface area contributed by atoms with Crippen molar-refractivity contribution in [2.75, 3.05) is 11.4 Å². The molecule has 1 atom stereocenters. The average Bonchev–Trinajstić information content (AvgIpc) is 3.17. The highest BCUT2D eigenvalue weighted by Crippen LogP contribution is 2.37. The van der Waals surface area contributed by atoms with Gasteiger partial charge in [0.1, 0.15) is 23.4 Å². The van der Waals surface area contributed by atoms with E-state index in [1.54, 1.807) is 36.4 Å². The first-order chi connectivity index (χ1) is 15.4. The molecule has 0 saturated carbocycles. The number of primary amides is 1. The van der Waals surface area contributed by atoms with Crippen molar-refractivity contribution in [1.29, 1.82) is 5.26 Å². The van der Waals surface area contributed by atoms with Crippen LogP contribution < -0.4 is 15.4 Å². The van der Waals surface area contributed by atoms with Crippen LogP contribution >= 0.6 is 11.6 Å². The molecule has 1 heterocycles. The number of nitrogens with two attached hydrogens (primary N) is 1. The van der Waals surface area contributed by atoms with Crippen LogP contribution in [0.2, 0.25) is 5.02 Å². The summed E-state index contributed by atoms with van der Waals surface area (Å²) >= 11 is 6.30. The second-order valence-corrected chi connectivity index (χ2v) is 7.74. The third-order valence-electron chi connectivity index (χ3n) is 5.31. The van der Waals surface area contributed by atoms with E-state index in [1.165, 1.54) is 17.0 Å². The molecular formula is C24H17ClFN3O3. The summed E-state index contributed by atoms with van der Waals surface area (Å²) < 4.78 is 19.7. The van der Waals surface area contributed by atoms with E-state index in [4.69, 9.17) is 22.1 Å². The van der Waals surface area contributed by atoms with E-state index in [-0.39, 0.29) is 23.8 Å². The lowest BCUT2D eigenvalue weighted by atomic mass is 9.98. The number of nitriles is 1. The lowest BCUT2D eigenvalue weighted by Gasteiger charge is -2.18. The van der Waals surface area contributed by atoms with Gasteiger partial charge in [-0.25, -0.2) is 4.39 Å². The standard InChI is InChI=1S/C24H17ClFN3O3/c25-19-7-5-14(9-22(19)32-21-4-2-1-3-15(21)12-27)16-10-23(30)29(13-16)17-6-8-20(26)18(11-17)24(28)31/h1-9,11,16H,10,13H2,(H2,28,31)/t16-/m0/s1. The van der Waals surface area contributed by atoms with Crippen LogP contribution in [0.4, 0.5) is 10.1 Å². The first-order valence-corrected chi connectivity index (χ1v) is 10.1. The van der Waals surface area contributed by atoms with Crippen LogP contribution in [0.3, 0.4) is 0 Å². The maximum atomic E-state index is 13.8. The fraction of sp³-hybridized carbons (Fsp3) is 0.125. The van der Waals surface area contributed by atoms with Crippen molar-refractivity contribution in [3.8, 4) is 17.6 Å². The number of carbonyl (C=O) groups is 2. The Morgan fingerprint density at radius 1 is 1.16 bits per heavy atom. The third-order valence-corrected chi connectivity index (χ3v) is 5.62. The predicted molar refractivity (Wildman–Crippen MR) is 117 cm³/mol. The summed E-state index contributed by atoms with van der Waals surface area (Å²) in [6.07, 6.45) is 0.221. The Balaban J connectivity index is 1.60. The fourth-order valence-electron chi connectivity index (χ4n) is 3.67. The van der Waals surface area contributed by atoms with Crippen molar-refractivity contribution < 1.29 is 18.7 Å². The largest absolute Gasteiger partial charge is 0.454 e. The molecule has 1 aliphatic heterocycles. The van der Waals surface area contributed by atoms with Gasteiger partial charge in [0.05, 0.1) is 16.1 Å². The highest BCUT2D eigenvalue weighted by Gasteiger charge is 2.32. The molecule has 32 heavy (non-hydrogen) atoms. The second kappa shape index (κ2) is 8.69. The minimum Gasteiger partial charge on any atom is -0.454 e. The van der Waals surface area contributed by atoms with Crippen molar-refractivity contribution in [1.82, 2.24) is 0 Å². The molecular weight excluding hydrogens is 433 g/mol. The minimum absolute atomic E-state index is 0.163. The summed E-state index contributed by atoms with van der Waals surface area (Å²) in [6.45, 7) is 0.332. The van der Waals surface area contributed by atoms with E-state index in [0.29, 0.717) is 34.3 Å². The van der Waals surface area contributed by atoms with Crippen LogP contribution in [0, 0.1) is 17.1 Å². The maximum absolute atomic E-state index is 13.8. The van der Waals surface area contributed by atoms with Gasteiger partial charge in [-0.1, -0.05) is 29.8 Å². The molecule has 2 N–H and O–H groups in total. The molecule has 0 aliphatic carbocycles. The minimum atomic E-state index is -0.898. The topological polar surface area (TPSA) is 96.4 Å². The fourth-order valence-corrected chi connectivity index (χ4v) is 3.83. The number of benzene rings is 3. The van der Waals surface area contributed by atoms with E-state index in [1.807, 2.05) is 6.07 Å². The highest BCUT2D eigenvalue weighted by atomic mass is 35.5. The monoisotopic (exact) mass is 449 g/mol. The zero-order valence-corrected chi connectivity index (χ0v) is 17.5. The van der Waals surface area contributed by atoms with Crippen LogP contribution in [0.1, 0.15) is 33.8 Å². The molecule has 0 radical (unpaired) electrons. The molecule has 0 bridgehead atoms. The number of nitrogens with zero attached hydrogens (tertiary/aromatic N) is 2. The van der Waals surface area contributed by atoms with E-state index in [9.17, 15) is 19.2 Å². The number of rotatable bonds is 5. The van der Waals surface area contributed by atoms with Gasteiger partial charge in [-0.15, -0.1) is 0 Å². The van der Waals surface area contributed by atoms with E-state index in [0.717, 1.165) is 11.6 Å². The second-order valence-electron chi connectivity index (χ2n) is 7.33. The lowest BCUT2D eigenvalue weighted by molar-refractivity contribution is -0.117. The zero-order chi connectivity index (χ0) is 22.8. The van der Waals surface area contributed by atoms with Crippen LogP contribution in [0.25, 0.3) is 0 Å². The summed E-state index contributed by atoms with van der Waals surface area (Å²) in [6, 6.07) is 18.0. The number of carbonyl (C=O) groups excluding carboxylic acids is 2. The summed E-state index contributed by atoms with van der Waals surface area (Å²) in [4.78, 5) is 25.6. The Labute approximate surface area is 188 Å². The summed E-state index contributed by atoms with van der Waals surface area (Å²) in [7, 11) is 0. The van der Waals surface area contributed by atoms with Gasteiger partial charge in [0, 0.05) is 24.6 Å². The van der Waals surface area contributed by atoms with Gasteiger partial charge >= 0.3 is 0 Å². The van der Waals surface area contributed by atoms with Crippen LogP contribution in [0.5, 0.6) is 11.5 Å².